The molecule has 2 aromatic carbocycles. The van der Waals surface area contributed by atoms with Crippen LogP contribution >= 0.6 is 22.6 Å². The average Bonchev–Trinajstić information content (AvgIpc) is 3.56. The highest BCUT2D eigenvalue weighted by Gasteiger charge is 2.15. The highest BCUT2D eigenvalue weighted by molar-refractivity contribution is 14.1. The fourth-order valence-corrected chi connectivity index (χ4v) is 4.57. The second-order valence-corrected chi connectivity index (χ2v) is 10.8. The standard InChI is InChI=1S/C17H15N5.C5H8IN3O2S/c18-17-14-8-13(6-7-15(14)20-21-17)16-10-22(11-19-16)9-12-4-2-1-3-5-12;1-8(2)12(10,11)9-3-5(6)7-4-9/h1-8,10-11H,9H2,(H3,18,20,21);3-4H,1-2H3. The number of aromatic amines is 1. The zero-order valence-electron chi connectivity index (χ0n) is 18.5. The van der Waals surface area contributed by atoms with Gasteiger partial charge in [-0.15, -0.1) is 0 Å². The third-order valence-corrected chi connectivity index (χ3v) is 7.20. The maximum Gasteiger partial charge on any atom is 0.308 e. The Balaban J connectivity index is 0.000000195. The first kappa shape index (κ1) is 23.9. The first-order chi connectivity index (χ1) is 16.2. The summed E-state index contributed by atoms with van der Waals surface area (Å²) < 4.78 is 27.7. The predicted octanol–water partition coefficient (Wildman–Crippen LogP) is 3.20. The van der Waals surface area contributed by atoms with Crippen molar-refractivity contribution in [2.75, 3.05) is 19.8 Å². The number of hydrogen-bond acceptors (Lipinski definition) is 6. The molecule has 0 radical (unpaired) electrons. The zero-order chi connectivity index (χ0) is 24.3. The summed E-state index contributed by atoms with van der Waals surface area (Å²) in [4.78, 5) is 8.30. The number of aromatic nitrogens is 6. The van der Waals surface area contributed by atoms with Gasteiger partial charge in [0.25, 0.3) is 0 Å². The van der Waals surface area contributed by atoms with Gasteiger partial charge in [-0.3, -0.25) is 5.10 Å². The Bertz CT molecular complexity index is 1510. The van der Waals surface area contributed by atoms with Crippen LogP contribution in [0, 0.1) is 3.70 Å². The number of rotatable bonds is 5. The van der Waals surface area contributed by atoms with Crippen LogP contribution in [0.4, 0.5) is 5.82 Å². The molecule has 0 spiro atoms. The molecule has 0 saturated carbocycles. The van der Waals surface area contributed by atoms with Crippen LogP contribution in [-0.2, 0) is 16.8 Å². The maximum absolute atomic E-state index is 11.4. The number of benzene rings is 2. The fourth-order valence-electron chi connectivity index (χ4n) is 3.18. The van der Waals surface area contributed by atoms with Gasteiger partial charge in [0.15, 0.2) is 5.82 Å². The Labute approximate surface area is 210 Å². The van der Waals surface area contributed by atoms with Gasteiger partial charge in [-0.2, -0.15) is 17.8 Å². The topological polar surface area (TPSA) is 128 Å². The van der Waals surface area contributed by atoms with Crippen molar-refractivity contribution in [2.24, 2.45) is 0 Å². The number of nitrogen functional groups attached to an aromatic ring is 1. The van der Waals surface area contributed by atoms with E-state index in [0.717, 1.165) is 37.0 Å². The van der Waals surface area contributed by atoms with Crippen molar-refractivity contribution in [3.05, 3.63) is 82.8 Å². The molecule has 3 aromatic heterocycles. The highest BCUT2D eigenvalue weighted by Crippen LogP contribution is 2.25. The Kier molecular flexibility index (Phi) is 7.00. The van der Waals surface area contributed by atoms with Crippen LogP contribution < -0.4 is 5.73 Å². The Hall–Kier alpha value is -3.23. The Morgan fingerprint density at radius 3 is 2.50 bits per heavy atom. The molecule has 0 saturated heterocycles. The van der Waals surface area contributed by atoms with Gasteiger partial charge in [-0.1, -0.05) is 36.4 Å². The second kappa shape index (κ2) is 9.95. The first-order valence-corrected chi connectivity index (χ1v) is 12.6. The number of nitrogens with zero attached hydrogens (tertiary/aromatic N) is 6. The van der Waals surface area contributed by atoms with E-state index in [2.05, 4.69) is 36.9 Å². The number of nitrogens with two attached hydrogens (primary N) is 1. The van der Waals surface area contributed by atoms with Crippen LogP contribution in [0.3, 0.4) is 0 Å². The molecule has 176 valence electrons. The minimum absolute atomic E-state index is 0.514. The number of hydrogen-bond donors (Lipinski definition) is 2. The monoisotopic (exact) mass is 590 g/mol. The van der Waals surface area contributed by atoms with Crippen molar-refractivity contribution >= 4 is 49.5 Å². The van der Waals surface area contributed by atoms with Crippen molar-refractivity contribution in [2.45, 2.75) is 6.54 Å². The van der Waals surface area contributed by atoms with Crippen molar-refractivity contribution < 1.29 is 8.42 Å². The van der Waals surface area contributed by atoms with Crippen molar-refractivity contribution in [1.82, 2.24) is 33.0 Å². The van der Waals surface area contributed by atoms with Gasteiger partial charge in [0.1, 0.15) is 10.0 Å². The molecule has 0 bridgehead atoms. The number of fused-ring (bicyclic) bond motifs is 1. The van der Waals surface area contributed by atoms with Crippen LogP contribution in [0.25, 0.3) is 22.2 Å². The van der Waals surface area contributed by atoms with E-state index in [9.17, 15) is 8.42 Å². The van der Waals surface area contributed by atoms with Crippen molar-refractivity contribution in [3.8, 4) is 11.3 Å². The number of imidazole rings is 2. The first-order valence-electron chi connectivity index (χ1n) is 10.2. The predicted molar refractivity (Wildman–Crippen MR) is 140 cm³/mol. The largest absolute Gasteiger partial charge is 0.382 e. The minimum atomic E-state index is -3.37. The minimum Gasteiger partial charge on any atom is -0.382 e. The van der Waals surface area contributed by atoms with E-state index >= 15 is 0 Å². The molecule has 0 atom stereocenters. The molecule has 0 aliphatic rings. The van der Waals surface area contributed by atoms with E-state index in [1.165, 1.54) is 32.2 Å². The summed E-state index contributed by atoms with van der Waals surface area (Å²) in [6.07, 6.45) is 6.63. The van der Waals surface area contributed by atoms with Gasteiger partial charge in [0.2, 0.25) is 0 Å². The average molecular weight is 590 g/mol. The van der Waals surface area contributed by atoms with Crippen LogP contribution in [0.1, 0.15) is 5.56 Å². The second-order valence-electron chi connectivity index (χ2n) is 7.60. The van der Waals surface area contributed by atoms with Crippen LogP contribution in [0.15, 0.2) is 73.6 Å². The molecule has 3 N–H and O–H groups in total. The van der Waals surface area contributed by atoms with E-state index in [1.807, 2.05) is 71.5 Å². The van der Waals surface area contributed by atoms with Gasteiger partial charge in [0, 0.05) is 37.8 Å². The summed E-state index contributed by atoms with van der Waals surface area (Å²) in [5.41, 5.74) is 10.0. The van der Waals surface area contributed by atoms with Crippen molar-refractivity contribution in [3.63, 3.8) is 0 Å². The van der Waals surface area contributed by atoms with Gasteiger partial charge >= 0.3 is 10.2 Å². The summed E-state index contributed by atoms with van der Waals surface area (Å²) in [7, 11) is -0.425. The molecule has 0 unspecified atom stereocenters. The van der Waals surface area contributed by atoms with E-state index in [0.29, 0.717) is 9.52 Å². The number of anilines is 1. The number of H-pyrrole nitrogens is 1. The van der Waals surface area contributed by atoms with E-state index in [1.54, 1.807) is 0 Å². The molecule has 10 nitrogen and oxygen atoms in total. The summed E-state index contributed by atoms with van der Waals surface area (Å²) >= 11 is 1.95. The lowest BCUT2D eigenvalue weighted by Gasteiger charge is -2.10. The molecule has 5 rings (SSSR count). The van der Waals surface area contributed by atoms with Crippen LogP contribution in [0.5, 0.6) is 0 Å². The lowest BCUT2D eigenvalue weighted by molar-refractivity contribution is 0.510. The molecular formula is C22H23IN8O2S. The van der Waals surface area contributed by atoms with Crippen LogP contribution in [-0.4, -0.2) is 55.5 Å². The SMILES string of the molecule is CN(C)S(=O)(=O)n1cnc(I)c1.Nc1n[nH]c2ccc(-c3cn(Cc4ccccc4)cn3)cc12. The molecule has 3 heterocycles. The van der Waals surface area contributed by atoms with E-state index in [-0.39, 0.29) is 0 Å². The normalized spacial score (nSPS) is 11.5. The molecule has 12 heteroatoms. The molecule has 0 amide bonds. The van der Waals surface area contributed by atoms with Gasteiger partial charge < -0.3 is 10.3 Å². The van der Waals surface area contributed by atoms with Gasteiger partial charge in [-0.05, 0) is 40.3 Å². The molecule has 0 fully saturated rings. The number of halogens is 1. The molecular weight excluding hydrogens is 567 g/mol. The molecule has 0 aliphatic heterocycles. The lowest BCUT2D eigenvalue weighted by atomic mass is 10.1. The third kappa shape index (κ3) is 5.29. The summed E-state index contributed by atoms with van der Waals surface area (Å²) in [6, 6.07) is 16.3. The Morgan fingerprint density at radius 1 is 1.06 bits per heavy atom. The van der Waals surface area contributed by atoms with Gasteiger partial charge in [-0.25, -0.2) is 13.9 Å². The smallest absolute Gasteiger partial charge is 0.308 e. The quantitative estimate of drug-likeness (QED) is 0.303. The molecule has 0 aliphatic carbocycles. The zero-order valence-corrected chi connectivity index (χ0v) is 21.5. The number of nitrogens with one attached hydrogen (secondary N) is 1. The summed E-state index contributed by atoms with van der Waals surface area (Å²) in [6.45, 7) is 0.809. The van der Waals surface area contributed by atoms with E-state index < -0.39 is 10.2 Å². The van der Waals surface area contributed by atoms with Crippen LogP contribution in [0.2, 0.25) is 0 Å². The molecule has 5 aromatic rings. The fraction of sp³-hybridized carbons (Fsp3) is 0.136. The highest BCUT2D eigenvalue weighted by atomic mass is 127. The molecule has 34 heavy (non-hydrogen) atoms. The third-order valence-electron chi connectivity index (χ3n) is 4.99. The summed E-state index contributed by atoms with van der Waals surface area (Å²) in [5.74, 6) is 0.514. The van der Waals surface area contributed by atoms with Crippen molar-refractivity contribution in [1.29, 1.82) is 0 Å². The van der Waals surface area contributed by atoms with E-state index in [4.69, 9.17) is 5.73 Å². The van der Waals surface area contributed by atoms with Gasteiger partial charge in [0.05, 0.1) is 23.7 Å². The lowest BCUT2D eigenvalue weighted by Crippen LogP contribution is -2.27. The Morgan fingerprint density at radius 2 is 1.82 bits per heavy atom. The maximum atomic E-state index is 11.4. The summed E-state index contributed by atoms with van der Waals surface area (Å²) in [5, 5.41) is 7.85.